The summed E-state index contributed by atoms with van der Waals surface area (Å²) in [6.07, 6.45) is 2.53. The van der Waals surface area contributed by atoms with Gasteiger partial charge in [-0.05, 0) is 31.0 Å². The number of aryl methyl sites for hydroxylation is 2. The molecule has 0 radical (unpaired) electrons. The molecule has 1 saturated heterocycles. The van der Waals surface area contributed by atoms with Crippen molar-refractivity contribution in [2.45, 2.75) is 13.3 Å². The standard InChI is InChI=1S/C21H26ClN5O3S/c1-14-13-23-25(2)18(14)20(28)27(8-4-7-26-9-11-30-12-10-26)21-24-17-16(29-3)6-5-15(22)19(17)31-21/h5-6,13H,4,7-12H2,1-3H3. The van der Waals surface area contributed by atoms with Gasteiger partial charge in [-0.15, -0.1) is 0 Å². The van der Waals surface area contributed by atoms with E-state index < -0.39 is 0 Å². The van der Waals surface area contributed by atoms with Crippen LogP contribution in [0.3, 0.4) is 0 Å². The number of nitrogens with zero attached hydrogens (tertiary/aromatic N) is 5. The molecule has 1 aromatic carbocycles. The first-order valence-electron chi connectivity index (χ1n) is 10.2. The molecule has 1 fully saturated rings. The molecular formula is C21H26ClN5O3S. The van der Waals surface area contributed by atoms with Gasteiger partial charge in [-0.25, -0.2) is 4.98 Å². The van der Waals surface area contributed by atoms with Crippen molar-refractivity contribution in [3.05, 3.63) is 34.6 Å². The molecule has 0 unspecified atom stereocenters. The number of carbonyl (C=O) groups is 1. The van der Waals surface area contributed by atoms with Crippen LogP contribution in [-0.2, 0) is 11.8 Å². The van der Waals surface area contributed by atoms with Crippen LogP contribution in [0.1, 0.15) is 22.5 Å². The van der Waals surface area contributed by atoms with Crippen LogP contribution in [0.15, 0.2) is 18.3 Å². The predicted octanol–water partition coefficient (Wildman–Crippen LogP) is 3.37. The summed E-state index contributed by atoms with van der Waals surface area (Å²) >= 11 is 7.82. The molecule has 31 heavy (non-hydrogen) atoms. The molecule has 0 N–H and O–H groups in total. The Morgan fingerprint density at radius 2 is 2.13 bits per heavy atom. The van der Waals surface area contributed by atoms with E-state index in [0.717, 1.165) is 49.5 Å². The van der Waals surface area contributed by atoms with Crippen LogP contribution in [0, 0.1) is 6.92 Å². The molecule has 0 saturated carbocycles. The van der Waals surface area contributed by atoms with Crippen LogP contribution in [-0.4, -0.2) is 72.1 Å². The number of fused-ring (bicyclic) bond motifs is 1. The van der Waals surface area contributed by atoms with Crippen molar-refractivity contribution in [2.75, 3.05) is 51.4 Å². The van der Waals surface area contributed by atoms with Gasteiger partial charge in [0.05, 0.1) is 36.2 Å². The molecule has 0 spiro atoms. The van der Waals surface area contributed by atoms with Gasteiger partial charge in [-0.2, -0.15) is 5.10 Å². The highest BCUT2D eigenvalue weighted by Crippen LogP contribution is 2.39. The van der Waals surface area contributed by atoms with E-state index in [1.165, 1.54) is 11.3 Å². The van der Waals surface area contributed by atoms with Crippen molar-refractivity contribution in [1.29, 1.82) is 0 Å². The molecule has 1 amide bonds. The summed E-state index contributed by atoms with van der Waals surface area (Å²) in [5.41, 5.74) is 2.06. The fourth-order valence-corrected chi connectivity index (χ4v) is 5.05. The Kier molecular flexibility index (Phi) is 6.76. The Balaban J connectivity index is 1.65. The topological polar surface area (TPSA) is 72.7 Å². The number of benzene rings is 1. The van der Waals surface area contributed by atoms with Gasteiger partial charge in [-0.1, -0.05) is 22.9 Å². The Morgan fingerprint density at radius 1 is 1.35 bits per heavy atom. The fraction of sp³-hybridized carbons (Fsp3) is 0.476. The van der Waals surface area contributed by atoms with Crippen LogP contribution >= 0.6 is 22.9 Å². The van der Waals surface area contributed by atoms with Crippen LogP contribution in [0.25, 0.3) is 10.2 Å². The van der Waals surface area contributed by atoms with Crippen molar-refractivity contribution >= 4 is 44.2 Å². The molecule has 0 bridgehead atoms. The summed E-state index contributed by atoms with van der Waals surface area (Å²) in [5, 5.41) is 5.44. The summed E-state index contributed by atoms with van der Waals surface area (Å²) in [5.74, 6) is 0.521. The van der Waals surface area contributed by atoms with Crippen LogP contribution in [0.4, 0.5) is 5.13 Å². The second-order valence-electron chi connectivity index (χ2n) is 7.49. The zero-order chi connectivity index (χ0) is 22.0. The first-order valence-corrected chi connectivity index (χ1v) is 11.4. The molecule has 0 aliphatic carbocycles. The minimum absolute atomic E-state index is 0.117. The van der Waals surface area contributed by atoms with Crippen molar-refractivity contribution in [2.24, 2.45) is 7.05 Å². The number of thiazole rings is 1. The lowest BCUT2D eigenvalue weighted by atomic mass is 10.2. The van der Waals surface area contributed by atoms with Gasteiger partial charge in [0.2, 0.25) is 0 Å². The Morgan fingerprint density at radius 3 is 2.81 bits per heavy atom. The first kappa shape index (κ1) is 22.0. The number of halogens is 1. The lowest BCUT2D eigenvalue weighted by Gasteiger charge is -2.27. The van der Waals surface area contributed by atoms with E-state index >= 15 is 0 Å². The fourth-order valence-electron chi connectivity index (χ4n) is 3.76. The number of ether oxygens (including phenoxy) is 2. The summed E-state index contributed by atoms with van der Waals surface area (Å²) in [7, 11) is 3.39. The molecule has 4 rings (SSSR count). The largest absolute Gasteiger partial charge is 0.494 e. The van der Waals surface area contributed by atoms with Gasteiger partial charge >= 0.3 is 0 Å². The maximum Gasteiger partial charge on any atom is 0.278 e. The van der Waals surface area contributed by atoms with E-state index in [2.05, 4.69) is 10.00 Å². The van der Waals surface area contributed by atoms with Crippen molar-refractivity contribution in [1.82, 2.24) is 19.7 Å². The number of carbonyl (C=O) groups excluding carboxylic acids is 1. The molecule has 2 aromatic heterocycles. The van der Waals surface area contributed by atoms with Gasteiger partial charge < -0.3 is 9.47 Å². The second kappa shape index (κ2) is 9.52. The maximum atomic E-state index is 13.6. The number of aromatic nitrogens is 3. The highest BCUT2D eigenvalue weighted by molar-refractivity contribution is 7.23. The van der Waals surface area contributed by atoms with E-state index in [0.29, 0.717) is 33.7 Å². The first-order chi connectivity index (χ1) is 15.0. The third kappa shape index (κ3) is 4.55. The summed E-state index contributed by atoms with van der Waals surface area (Å²) < 4.78 is 13.3. The number of amides is 1. The summed E-state index contributed by atoms with van der Waals surface area (Å²) in [6.45, 7) is 6.68. The lowest BCUT2D eigenvalue weighted by Crippen LogP contribution is -2.39. The number of methoxy groups -OCH3 is 1. The van der Waals surface area contributed by atoms with Gasteiger partial charge in [0.25, 0.3) is 5.91 Å². The molecule has 166 valence electrons. The summed E-state index contributed by atoms with van der Waals surface area (Å²) in [4.78, 5) is 22.4. The van der Waals surface area contributed by atoms with Crippen molar-refractivity contribution < 1.29 is 14.3 Å². The Labute approximate surface area is 190 Å². The monoisotopic (exact) mass is 463 g/mol. The average molecular weight is 464 g/mol. The minimum atomic E-state index is -0.117. The maximum absolute atomic E-state index is 13.6. The molecular weight excluding hydrogens is 438 g/mol. The zero-order valence-electron chi connectivity index (χ0n) is 17.9. The molecule has 8 nitrogen and oxygen atoms in total. The van der Waals surface area contributed by atoms with E-state index in [4.69, 9.17) is 26.1 Å². The Hall–Kier alpha value is -2.20. The van der Waals surface area contributed by atoms with Crippen LogP contribution < -0.4 is 9.64 Å². The van der Waals surface area contributed by atoms with Gasteiger partial charge in [0.1, 0.15) is 17.0 Å². The minimum Gasteiger partial charge on any atom is -0.494 e. The van der Waals surface area contributed by atoms with Gasteiger partial charge in [-0.3, -0.25) is 19.3 Å². The molecule has 3 aromatic rings. The van der Waals surface area contributed by atoms with Crippen molar-refractivity contribution in [3.63, 3.8) is 0 Å². The normalized spacial score (nSPS) is 14.8. The third-order valence-corrected chi connectivity index (χ3v) is 6.97. The van der Waals surface area contributed by atoms with Crippen LogP contribution in [0.2, 0.25) is 5.02 Å². The zero-order valence-corrected chi connectivity index (χ0v) is 19.5. The number of hydrogen-bond donors (Lipinski definition) is 0. The van der Waals surface area contributed by atoms with Gasteiger partial charge in [0.15, 0.2) is 5.13 Å². The number of rotatable bonds is 7. The summed E-state index contributed by atoms with van der Waals surface area (Å²) in [6, 6.07) is 3.59. The smallest absolute Gasteiger partial charge is 0.278 e. The van der Waals surface area contributed by atoms with E-state index in [1.54, 1.807) is 42.1 Å². The number of morpholine rings is 1. The lowest BCUT2D eigenvalue weighted by molar-refractivity contribution is 0.0376. The molecule has 1 aliphatic rings. The third-order valence-electron chi connectivity index (χ3n) is 5.43. The second-order valence-corrected chi connectivity index (χ2v) is 8.87. The van der Waals surface area contributed by atoms with Crippen molar-refractivity contribution in [3.8, 4) is 5.75 Å². The molecule has 10 heteroatoms. The van der Waals surface area contributed by atoms with Gasteiger partial charge in [0, 0.05) is 33.2 Å². The van der Waals surface area contributed by atoms with E-state index in [9.17, 15) is 4.79 Å². The molecule has 3 heterocycles. The van der Waals surface area contributed by atoms with E-state index in [1.807, 2.05) is 6.92 Å². The predicted molar refractivity (Wildman–Crippen MR) is 123 cm³/mol. The highest BCUT2D eigenvalue weighted by atomic mass is 35.5. The number of anilines is 1. The van der Waals surface area contributed by atoms with E-state index in [-0.39, 0.29) is 5.91 Å². The number of hydrogen-bond acceptors (Lipinski definition) is 7. The molecule has 0 atom stereocenters. The SMILES string of the molecule is COc1ccc(Cl)c2sc(N(CCCN3CCOCC3)C(=O)c3c(C)cnn3C)nc12. The highest BCUT2D eigenvalue weighted by Gasteiger charge is 2.26. The molecule has 1 aliphatic heterocycles. The van der Waals surface area contributed by atoms with Crippen LogP contribution in [0.5, 0.6) is 5.75 Å². The Bertz CT molecular complexity index is 1060. The average Bonchev–Trinajstić information content (AvgIpc) is 3.36. The quantitative estimate of drug-likeness (QED) is 0.535.